The molecule has 1 heterocycles. The monoisotopic (exact) mass is 198 g/mol. The first-order valence-corrected chi connectivity index (χ1v) is 5.27. The maximum Gasteiger partial charge on any atom is 0.119 e. The molecule has 1 aromatic heterocycles. The highest BCUT2D eigenvalue weighted by molar-refractivity contribution is 7.99. The second-order valence-corrected chi connectivity index (χ2v) is 3.76. The van der Waals surface area contributed by atoms with Gasteiger partial charge in [-0.2, -0.15) is 0 Å². The average Bonchev–Trinajstić information content (AvgIpc) is 2.15. The van der Waals surface area contributed by atoms with Gasteiger partial charge in [0.1, 0.15) is 5.03 Å². The summed E-state index contributed by atoms with van der Waals surface area (Å²) in [6.45, 7) is 0.262. The zero-order valence-electron chi connectivity index (χ0n) is 7.44. The van der Waals surface area contributed by atoms with Crippen molar-refractivity contribution >= 4 is 17.4 Å². The lowest BCUT2D eigenvalue weighted by Gasteiger charge is -2.02. The van der Waals surface area contributed by atoms with Crippen LogP contribution >= 0.6 is 11.8 Å². The lowest BCUT2D eigenvalue weighted by atomic mass is 10.4. The molecule has 72 valence electrons. The topological polar surface area (TPSA) is 59.1 Å². The number of nitrogen functional groups attached to an aromatic ring is 1. The number of aliphatic hydroxyl groups is 1. The van der Waals surface area contributed by atoms with Crippen LogP contribution in [0.4, 0.5) is 5.69 Å². The Morgan fingerprint density at radius 1 is 1.46 bits per heavy atom. The van der Waals surface area contributed by atoms with E-state index in [2.05, 4.69) is 4.98 Å². The normalized spacial score (nSPS) is 10.2. The predicted octanol–water partition coefficient (Wildman–Crippen LogP) is 1.53. The van der Waals surface area contributed by atoms with Gasteiger partial charge in [-0.15, -0.1) is 11.8 Å². The van der Waals surface area contributed by atoms with E-state index in [0.717, 1.165) is 29.3 Å². The summed E-state index contributed by atoms with van der Waals surface area (Å²) in [6.07, 6.45) is 3.58. The van der Waals surface area contributed by atoms with E-state index >= 15 is 0 Å². The summed E-state index contributed by atoms with van der Waals surface area (Å²) in [5, 5.41) is 9.46. The van der Waals surface area contributed by atoms with Crippen LogP contribution < -0.4 is 5.73 Å². The molecule has 3 N–H and O–H groups in total. The van der Waals surface area contributed by atoms with Crippen LogP contribution in [0.15, 0.2) is 23.4 Å². The zero-order chi connectivity index (χ0) is 9.52. The standard InChI is InChI=1S/C9H14N2OS/c10-8-4-3-5-11-9(8)13-7-2-1-6-12/h3-5,12H,1-2,6-7,10H2. The number of rotatable bonds is 5. The number of unbranched alkanes of at least 4 members (excludes halogenated alkanes) is 1. The lowest BCUT2D eigenvalue weighted by molar-refractivity contribution is 0.287. The van der Waals surface area contributed by atoms with Crippen molar-refractivity contribution in [3.63, 3.8) is 0 Å². The second-order valence-electron chi connectivity index (χ2n) is 2.68. The number of pyridine rings is 1. The van der Waals surface area contributed by atoms with Crippen molar-refractivity contribution in [2.24, 2.45) is 0 Å². The number of aromatic nitrogens is 1. The Hall–Kier alpha value is -0.740. The molecule has 0 aliphatic heterocycles. The van der Waals surface area contributed by atoms with E-state index in [1.807, 2.05) is 12.1 Å². The zero-order valence-corrected chi connectivity index (χ0v) is 8.26. The first-order valence-electron chi connectivity index (χ1n) is 4.28. The van der Waals surface area contributed by atoms with E-state index in [-0.39, 0.29) is 6.61 Å². The van der Waals surface area contributed by atoms with Crippen molar-refractivity contribution in [3.05, 3.63) is 18.3 Å². The molecule has 13 heavy (non-hydrogen) atoms. The molecular formula is C9H14N2OS. The lowest BCUT2D eigenvalue weighted by Crippen LogP contribution is -1.92. The van der Waals surface area contributed by atoms with Gasteiger partial charge < -0.3 is 10.8 Å². The molecule has 0 saturated carbocycles. The van der Waals surface area contributed by atoms with Gasteiger partial charge in [-0.1, -0.05) is 0 Å². The Morgan fingerprint density at radius 3 is 3.00 bits per heavy atom. The summed E-state index contributed by atoms with van der Waals surface area (Å²) < 4.78 is 0. The third-order valence-electron chi connectivity index (χ3n) is 1.59. The van der Waals surface area contributed by atoms with Crippen LogP contribution in [-0.2, 0) is 0 Å². The fourth-order valence-corrected chi connectivity index (χ4v) is 1.82. The Morgan fingerprint density at radius 2 is 2.31 bits per heavy atom. The summed E-state index contributed by atoms with van der Waals surface area (Å²) in [5.41, 5.74) is 6.44. The molecule has 0 fully saturated rings. The Bertz CT molecular complexity index is 255. The number of hydrogen-bond donors (Lipinski definition) is 2. The highest BCUT2D eigenvalue weighted by Gasteiger charge is 1.98. The molecule has 0 amide bonds. The van der Waals surface area contributed by atoms with Crippen LogP contribution in [0, 0.1) is 0 Å². The van der Waals surface area contributed by atoms with Crippen LogP contribution in [0.3, 0.4) is 0 Å². The van der Waals surface area contributed by atoms with Gasteiger partial charge in [-0.05, 0) is 30.7 Å². The maximum atomic E-state index is 8.57. The molecule has 0 spiro atoms. The van der Waals surface area contributed by atoms with Crippen molar-refractivity contribution in [1.82, 2.24) is 4.98 Å². The molecule has 0 aromatic carbocycles. The van der Waals surface area contributed by atoms with E-state index < -0.39 is 0 Å². The van der Waals surface area contributed by atoms with Gasteiger partial charge in [0.05, 0.1) is 5.69 Å². The van der Waals surface area contributed by atoms with Crippen molar-refractivity contribution in [2.75, 3.05) is 18.1 Å². The van der Waals surface area contributed by atoms with Gasteiger partial charge in [0.15, 0.2) is 0 Å². The number of thioether (sulfide) groups is 1. The van der Waals surface area contributed by atoms with Crippen molar-refractivity contribution in [1.29, 1.82) is 0 Å². The van der Waals surface area contributed by atoms with Crippen LogP contribution in [-0.4, -0.2) is 22.5 Å². The second kappa shape index (κ2) is 5.83. The first kappa shape index (κ1) is 10.3. The van der Waals surface area contributed by atoms with Gasteiger partial charge in [-0.25, -0.2) is 4.98 Å². The fraction of sp³-hybridized carbons (Fsp3) is 0.444. The van der Waals surface area contributed by atoms with Crippen molar-refractivity contribution in [2.45, 2.75) is 17.9 Å². The Balaban J connectivity index is 2.32. The molecule has 1 aromatic rings. The summed E-state index contributed by atoms with van der Waals surface area (Å²) in [5.74, 6) is 0.960. The number of nitrogens with zero attached hydrogens (tertiary/aromatic N) is 1. The van der Waals surface area contributed by atoms with Gasteiger partial charge in [-0.3, -0.25) is 0 Å². The third kappa shape index (κ3) is 3.65. The van der Waals surface area contributed by atoms with E-state index in [1.54, 1.807) is 18.0 Å². The molecule has 0 saturated heterocycles. The highest BCUT2D eigenvalue weighted by atomic mass is 32.2. The maximum absolute atomic E-state index is 8.57. The molecule has 0 radical (unpaired) electrons. The first-order chi connectivity index (χ1) is 6.34. The molecule has 3 nitrogen and oxygen atoms in total. The Kier molecular flexibility index (Phi) is 4.64. The van der Waals surface area contributed by atoms with Crippen LogP contribution in [0.25, 0.3) is 0 Å². The molecule has 0 aliphatic carbocycles. The number of hydrogen-bond acceptors (Lipinski definition) is 4. The SMILES string of the molecule is Nc1cccnc1SCCCCO. The van der Waals surface area contributed by atoms with Gasteiger partial charge in [0.25, 0.3) is 0 Å². The molecule has 0 atom stereocenters. The molecule has 0 aliphatic rings. The minimum atomic E-state index is 0.262. The number of nitrogens with two attached hydrogens (primary N) is 1. The van der Waals surface area contributed by atoms with E-state index in [9.17, 15) is 0 Å². The van der Waals surface area contributed by atoms with Gasteiger partial charge in [0.2, 0.25) is 0 Å². The average molecular weight is 198 g/mol. The highest BCUT2D eigenvalue weighted by Crippen LogP contribution is 2.22. The van der Waals surface area contributed by atoms with Crippen LogP contribution in [0.1, 0.15) is 12.8 Å². The third-order valence-corrected chi connectivity index (χ3v) is 2.70. The van der Waals surface area contributed by atoms with Gasteiger partial charge in [0, 0.05) is 12.8 Å². The van der Waals surface area contributed by atoms with E-state index in [1.165, 1.54) is 0 Å². The summed E-state index contributed by atoms with van der Waals surface area (Å²) in [4.78, 5) is 4.15. The number of aliphatic hydroxyl groups excluding tert-OH is 1. The molecule has 0 bridgehead atoms. The largest absolute Gasteiger partial charge is 0.397 e. The summed E-state index contributed by atoms with van der Waals surface area (Å²) in [6, 6.07) is 3.68. The quantitative estimate of drug-likeness (QED) is 0.556. The summed E-state index contributed by atoms with van der Waals surface area (Å²) >= 11 is 1.64. The molecule has 4 heteroatoms. The number of anilines is 1. The van der Waals surface area contributed by atoms with Crippen molar-refractivity contribution < 1.29 is 5.11 Å². The van der Waals surface area contributed by atoms with Crippen molar-refractivity contribution in [3.8, 4) is 0 Å². The Labute approximate surface area is 82.4 Å². The predicted molar refractivity (Wildman–Crippen MR) is 55.7 cm³/mol. The van der Waals surface area contributed by atoms with E-state index in [0.29, 0.717) is 0 Å². The summed E-state index contributed by atoms with van der Waals surface area (Å²) in [7, 11) is 0. The molecule has 0 unspecified atom stereocenters. The minimum absolute atomic E-state index is 0.262. The van der Waals surface area contributed by atoms with Gasteiger partial charge >= 0.3 is 0 Å². The molecule has 1 rings (SSSR count). The van der Waals surface area contributed by atoms with E-state index in [4.69, 9.17) is 10.8 Å². The van der Waals surface area contributed by atoms with Crippen LogP contribution in [0.2, 0.25) is 0 Å². The minimum Gasteiger partial charge on any atom is -0.397 e. The smallest absolute Gasteiger partial charge is 0.119 e. The molecular weight excluding hydrogens is 184 g/mol. The fourth-order valence-electron chi connectivity index (χ4n) is 0.907. The van der Waals surface area contributed by atoms with Crippen LogP contribution in [0.5, 0.6) is 0 Å².